The maximum absolute atomic E-state index is 4.73. The molecule has 136 valence electrons. The molecule has 0 spiro atoms. The topological polar surface area (TPSA) is 101 Å². The van der Waals surface area contributed by atoms with Crippen LogP contribution in [-0.2, 0) is 0 Å². The van der Waals surface area contributed by atoms with Crippen LogP contribution in [0.15, 0.2) is 39.4 Å². The second-order valence-electron chi connectivity index (χ2n) is 6.04. The molecule has 4 rings (SSSR count). The van der Waals surface area contributed by atoms with Crippen LogP contribution in [0, 0.1) is 20.8 Å². The van der Waals surface area contributed by atoms with Crippen molar-refractivity contribution >= 4 is 46.2 Å². The Hall–Kier alpha value is -3.33. The van der Waals surface area contributed by atoms with Gasteiger partial charge in [-0.3, -0.25) is 5.43 Å². The molecule has 27 heavy (non-hydrogen) atoms. The molecular weight excluding hydrogens is 362 g/mol. The average molecular weight is 379 g/mol. The van der Waals surface area contributed by atoms with Gasteiger partial charge in [0, 0.05) is 10.6 Å². The standard InChI is InChI=1S/C18H17N7OS/c1-10-5-4-6-13(12(10)3)20-15-16(22-18-17(21-15)24-26-25-18)23-19-9-14-11(2)7-8-27-14/h4-9H,1-3H3,(H,20,21,24)(H,22,23,25). The van der Waals surface area contributed by atoms with Crippen molar-refractivity contribution in [2.75, 3.05) is 10.7 Å². The summed E-state index contributed by atoms with van der Waals surface area (Å²) in [6.07, 6.45) is 1.76. The number of nitrogens with one attached hydrogen (secondary N) is 2. The van der Waals surface area contributed by atoms with Crippen LogP contribution in [0.1, 0.15) is 21.6 Å². The van der Waals surface area contributed by atoms with Gasteiger partial charge in [-0.1, -0.05) is 12.1 Å². The monoisotopic (exact) mass is 379 g/mol. The minimum absolute atomic E-state index is 0.312. The Morgan fingerprint density at radius 3 is 2.52 bits per heavy atom. The third-order valence-electron chi connectivity index (χ3n) is 4.23. The highest BCUT2D eigenvalue weighted by Crippen LogP contribution is 2.27. The van der Waals surface area contributed by atoms with Gasteiger partial charge in [0.1, 0.15) is 0 Å². The van der Waals surface area contributed by atoms with E-state index in [-0.39, 0.29) is 0 Å². The lowest BCUT2D eigenvalue weighted by molar-refractivity contribution is 0.314. The molecule has 0 aliphatic rings. The summed E-state index contributed by atoms with van der Waals surface area (Å²) in [4.78, 5) is 9.94. The van der Waals surface area contributed by atoms with Crippen LogP contribution in [0.2, 0.25) is 0 Å². The van der Waals surface area contributed by atoms with Gasteiger partial charge in [-0.2, -0.15) is 10.1 Å². The highest BCUT2D eigenvalue weighted by Gasteiger charge is 2.14. The molecule has 8 nitrogen and oxygen atoms in total. The van der Waals surface area contributed by atoms with Gasteiger partial charge in [-0.15, -0.1) is 11.3 Å². The minimum atomic E-state index is 0.312. The summed E-state index contributed by atoms with van der Waals surface area (Å²) < 4.78 is 4.73. The molecule has 0 atom stereocenters. The molecule has 0 unspecified atom stereocenters. The molecule has 2 N–H and O–H groups in total. The van der Waals surface area contributed by atoms with Crippen LogP contribution < -0.4 is 10.7 Å². The zero-order valence-corrected chi connectivity index (χ0v) is 15.8. The molecule has 1 aromatic carbocycles. The van der Waals surface area contributed by atoms with Gasteiger partial charge in [-0.25, -0.2) is 9.61 Å². The summed E-state index contributed by atoms with van der Waals surface area (Å²) >= 11 is 1.62. The quantitative estimate of drug-likeness (QED) is 0.396. The van der Waals surface area contributed by atoms with Gasteiger partial charge >= 0.3 is 0 Å². The Labute approximate surface area is 159 Å². The number of anilines is 3. The van der Waals surface area contributed by atoms with E-state index in [1.165, 1.54) is 11.1 Å². The highest BCUT2D eigenvalue weighted by atomic mass is 32.1. The van der Waals surface area contributed by atoms with Crippen molar-refractivity contribution in [1.29, 1.82) is 0 Å². The zero-order chi connectivity index (χ0) is 18.8. The summed E-state index contributed by atoms with van der Waals surface area (Å²) in [6, 6.07) is 8.08. The van der Waals surface area contributed by atoms with Crippen molar-refractivity contribution in [3.63, 3.8) is 0 Å². The second-order valence-corrected chi connectivity index (χ2v) is 6.99. The first-order chi connectivity index (χ1) is 13.1. The lowest BCUT2D eigenvalue weighted by Crippen LogP contribution is -2.04. The summed E-state index contributed by atoms with van der Waals surface area (Å²) in [5, 5.41) is 17.1. The van der Waals surface area contributed by atoms with Gasteiger partial charge in [-0.05, 0) is 65.3 Å². The molecule has 0 aliphatic heterocycles. The molecule has 4 aromatic rings. The summed E-state index contributed by atoms with van der Waals surface area (Å²) in [5.41, 5.74) is 7.99. The molecule has 0 aliphatic carbocycles. The van der Waals surface area contributed by atoms with Crippen LogP contribution in [0.4, 0.5) is 17.3 Å². The first kappa shape index (κ1) is 17.1. The molecule has 3 heterocycles. The minimum Gasteiger partial charge on any atom is -0.337 e. The van der Waals surface area contributed by atoms with Gasteiger partial charge in [0.25, 0.3) is 0 Å². The van der Waals surface area contributed by atoms with Crippen molar-refractivity contribution in [2.24, 2.45) is 5.10 Å². The predicted molar refractivity (Wildman–Crippen MR) is 107 cm³/mol. The van der Waals surface area contributed by atoms with E-state index in [1.54, 1.807) is 17.6 Å². The summed E-state index contributed by atoms with van der Waals surface area (Å²) in [6.45, 7) is 6.15. The molecule has 0 fully saturated rings. The average Bonchev–Trinajstić information content (AvgIpc) is 3.27. The summed E-state index contributed by atoms with van der Waals surface area (Å²) in [7, 11) is 0. The first-order valence-corrected chi connectivity index (χ1v) is 9.16. The Kier molecular flexibility index (Phi) is 4.51. The largest absolute Gasteiger partial charge is 0.337 e. The number of aryl methyl sites for hydroxylation is 2. The number of fused-ring (bicyclic) bond motifs is 1. The van der Waals surface area contributed by atoms with Crippen LogP contribution in [-0.4, -0.2) is 26.5 Å². The number of hydrazone groups is 1. The lowest BCUT2D eigenvalue weighted by atomic mass is 10.1. The number of nitrogens with zero attached hydrogens (tertiary/aromatic N) is 5. The summed E-state index contributed by atoms with van der Waals surface area (Å²) in [5.74, 6) is 0.927. The Bertz CT molecular complexity index is 1130. The second kappa shape index (κ2) is 7.12. The van der Waals surface area contributed by atoms with E-state index in [1.807, 2.05) is 37.4 Å². The maximum atomic E-state index is 4.73. The fraction of sp³-hybridized carbons (Fsp3) is 0.167. The molecule has 0 saturated heterocycles. The molecule has 3 aromatic heterocycles. The molecule has 0 bridgehead atoms. The molecular formula is C18H17N7OS. The van der Waals surface area contributed by atoms with Crippen LogP contribution in [0.25, 0.3) is 11.3 Å². The van der Waals surface area contributed by atoms with Crippen LogP contribution in [0.5, 0.6) is 0 Å². The van der Waals surface area contributed by atoms with Crippen LogP contribution >= 0.6 is 11.3 Å². The van der Waals surface area contributed by atoms with E-state index in [0.717, 1.165) is 16.1 Å². The van der Waals surface area contributed by atoms with E-state index in [0.29, 0.717) is 22.9 Å². The lowest BCUT2D eigenvalue weighted by Gasteiger charge is -2.12. The van der Waals surface area contributed by atoms with E-state index in [4.69, 9.17) is 4.63 Å². The number of hydrogen-bond acceptors (Lipinski definition) is 9. The third kappa shape index (κ3) is 3.49. The van der Waals surface area contributed by atoms with Crippen molar-refractivity contribution in [2.45, 2.75) is 20.8 Å². The fourth-order valence-corrected chi connectivity index (χ4v) is 3.27. The Morgan fingerprint density at radius 2 is 1.78 bits per heavy atom. The van der Waals surface area contributed by atoms with E-state index in [9.17, 15) is 0 Å². The number of aromatic nitrogens is 4. The smallest absolute Gasteiger partial charge is 0.245 e. The van der Waals surface area contributed by atoms with Crippen molar-refractivity contribution in [3.8, 4) is 0 Å². The van der Waals surface area contributed by atoms with Crippen molar-refractivity contribution in [3.05, 3.63) is 51.2 Å². The first-order valence-electron chi connectivity index (χ1n) is 8.28. The zero-order valence-electron chi connectivity index (χ0n) is 15.0. The number of hydrogen-bond donors (Lipinski definition) is 2. The van der Waals surface area contributed by atoms with Gasteiger partial charge < -0.3 is 5.32 Å². The van der Waals surface area contributed by atoms with Crippen LogP contribution in [0.3, 0.4) is 0 Å². The highest BCUT2D eigenvalue weighted by molar-refractivity contribution is 7.11. The Morgan fingerprint density at radius 1 is 1.00 bits per heavy atom. The molecule has 9 heteroatoms. The van der Waals surface area contributed by atoms with Crippen molar-refractivity contribution < 1.29 is 4.63 Å². The number of thiophene rings is 1. The number of rotatable bonds is 5. The number of benzene rings is 1. The predicted octanol–water partition coefficient (Wildman–Crippen LogP) is 4.19. The van der Waals surface area contributed by atoms with Crippen molar-refractivity contribution in [1.82, 2.24) is 20.3 Å². The maximum Gasteiger partial charge on any atom is 0.245 e. The molecule has 0 amide bonds. The van der Waals surface area contributed by atoms with Gasteiger partial charge in [0.15, 0.2) is 11.6 Å². The molecule has 0 radical (unpaired) electrons. The fourth-order valence-electron chi connectivity index (χ4n) is 2.49. The van der Waals surface area contributed by atoms with E-state index >= 15 is 0 Å². The van der Waals surface area contributed by atoms with E-state index < -0.39 is 0 Å². The SMILES string of the molecule is Cc1ccsc1C=NNc1nc2nonc2nc1Nc1cccc(C)c1C. The normalized spacial score (nSPS) is 11.4. The Balaban J connectivity index is 1.68. The third-order valence-corrected chi connectivity index (χ3v) is 5.18. The van der Waals surface area contributed by atoms with Gasteiger partial charge in [0.2, 0.25) is 11.3 Å². The molecule has 0 saturated carbocycles. The van der Waals surface area contributed by atoms with Gasteiger partial charge in [0.05, 0.1) is 6.21 Å². The van der Waals surface area contributed by atoms with E-state index in [2.05, 4.69) is 49.1 Å².